The van der Waals surface area contributed by atoms with Gasteiger partial charge in [0, 0.05) is 35.9 Å². The quantitative estimate of drug-likeness (QED) is 0.461. The molecule has 0 aromatic heterocycles. The first-order valence-corrected chi connectivity index (χ1v) is 10.7. The second-order valence-electron chi connectivity index (χ2n) is 8.65. The molecule has 2 atom stereocenters. The van der Waals surface area contributed by atoms with E-state index in [2.05, 4.69) is 63.3 Å². The number of nitrogens with zero attached hydrogens (tertiary/aromatic N) is 1. The number of anilines is 1. The molecule has 0 aliphatic rings. The zero-order chi connectivity index (χ0) is 21.2. The average molecular weight is 388 g/mol. The number of nitrogens with one attached hydrogen (secondary N) is 2. The molecule has 0 fully saturated rings. The molecule has 1 aromatic carbocycles. The number of benzene rings is 1. The van der Waals surface area contributed by atoms with E-state index < -0.39 is 0 Å². The summed E-state index contributed by atoms with van der Waals surface area (Å²) in [6.45, 7) is 11.4. The molecule has 0 saturated heterocycles. The minimum absolute atomic E-state index is 0.159. The fourth-order valence-corrected chi connectivity index (χ4v) is 3.50. The van der Waals surface area contributed by atoms with E-state index in [9.17, 15) is 4.79 Å². The number of hydrogen-bond acceptors (Lipinski definition) is 4. The maximum absolute atomic E-state index is 11.3. The van der Waals surface area contributed by atoms with Crippen LogP contribution in [0.3, 0.4) is 0 Å². The molecule has 0 heterocycles. The fraction of sp³-hybridized carbons (Fsp3) is 0.625. The number of rotatable bonds is 12. The minimum Gasteiger partial charge on any atom is -0.394 e. The highest BCUT2D eigenvalue weighted by molar-refractivity contribution is 5.83. The van der Waals surface area contributed by atoms with Crippen LogP contribution in [-0.2, 0) is 0 Å². The summed E-state index contributed by atoms with van der Waals surface area (Å²) in [6, 6.07) is 6.95. The van der Waals surface area contributed by atoms with Gasteiger partial charge in [0.2, 0.25) is 0 Å². The van der Waals surface area contributed by atoms with Crippen molar-refractivity contribution in [2.45, 2.75) is 84.3 Å². The highest BCUT2D eigenvalue weighted by atomic mass is 16.1. The molecule has 0 aliphatic carbocycles. The Morgan fingerprint density at radius 3 is 2.43 bits per heavy atom. The largest absolute Gasteiger partial charge is 0.394 e. The summed E-state index contributed by atoms with van der Waals surface area (Å²) >= 11 is 0. The fourth-order valence-electron chi connectivity index (χ4n) is 3.50. The van der Waals surface area contributed by atoms with E-state index in [4.69, 9.17) is 0 Å². The Morgan fingerprint density at radius 1 is 1.18 bits per heavy atom. The van der Waals surface area contributed by atoms with Gasteiger partial charge >= 0.3 is 0 Å². The van der Waals surface area contributed by atoms with Gasteiger partial charge in [-0.1, -0.05) is 26.7 Å². The SMILES string of the molecule is CCCCC(C[C@@H](CC)N(C)C(C)(C)C)Nc1ccc(C=O)c(/C=C\NC)c1. The van der Waals surface area contributed by atoms with Crippen LogP contribution in [0, 0.1) is 0 Å². The van der Waals surface area contributed by atoms with Crippen LogP contribution in [0.2, 0.25) is 0 Å². The van der Waals surface area contributed by atoms with Crippen LogP contribution in [0.25, 0.3) is 6.08 Å². The normalized spacial score (nSPS) is 14.3. The van der Waals surface area contributed by atoms with Crippen molar-refractivity contribution >= 4 is 18.0 Å². The summed E-state index contributed by atoms with van der Waals surface area (Å²) in [5.74, 6) is 0. The third-order valence-corrected chi connectivity index (χ3v) is 5.55. The van der Waals surface area contributed by atoms with Crippen molar-refractivity contribution in [2.24, 2.45) is 0 Å². The van der Waals surface area contributed by atoms with Gasteiger partial charge in [-0.3, -0.25) is 9.69 Å². The minimum atomic E-state index is 0.159. The molecule has 1 rings (SSSR count). The van der Waals surface area contributed by atoms with Crippen LogP contribution in [-0.4, -0.2) is 42.9 Å². The van der Waals surface area contributed by atoms with Crippen molar-refractivity contribution < 1.29 is 4.79 Å². The Hall–Kier alpha value is -1.81. The van der Waals surface area contributed by atoms with Crippen molar-refractivity contribution in [2.75, 3.05) is 19.4 Å². The van der Waals surface area contributed by atoms with Gasteiger partial charge in [-0.05, 0) is 83.1 Å². The molecule has 0 radical (unpaired) electrons. The molecule has 0 aliphatic heterocycles. The number of carbonyl (C=O) groups is 1. The molecule has 158 valence electrons. The number of carbonyl (C=O) groups excluding carboxylic acids is 1. The third-order valence-electron chi connectivity index (χ3n) is 5.55. The highest BCUT2D eigenvalue weighted by Crippen LogP contribution is 2.24. The second-order valence-corrected chi connectivity index (χ2v) is 8.65. The first-order valence-electron chi connectivity index (χ1n) is 10.7. The Kier molecular flexibility index (Phi) is 10.3. The molecule has 4 heteroatoms. The molecule has 4 nitrogen and oxygen atoms in total. The summed E-state index contributed by atoms with van der Waals surface area (Å²) in [7, 11) is 4.10. The summed E-state index contributed by atoms with van der Waals surface area (Å²) in [5.41, 5.74) is 2.88. The second kappa shape index (κ2) is 11.9. The molecular formula is C24H41N3O. The van der Waals surface area contributed by atoms with Crippen molar-refractivity contribution in [1.29, 1.82) is 0 Å². The van der Waals surface area contributed by atoms with Crippen LogP contribution in [0.5, 0.6) is 0 Å². The molecule has 0 amide bonds. The lowest BCUT2D eigenvalue weighted by Gasteiger charge is -2.40. The Bertz CT molecular complexity index is 619. The first kappa shape index (κ1) is 24.2. The standard InChI is InChI=1S/C24H41N3O/c1-8-10-11-21(17-23(9-2)27(7)24(3,4)5)26-22-13-12-20(18-28)19(16-22)14-15-25-6/h12-16,18,21,23,25-26H,8-11,17H2,1-7H3/b15-14-/t21?,23-/m1/s1. The Balaban J connectivity index is 3.02. The maximum Gasteiger partial charge on any atom is 0.150 e. The number of hydrogen-bond donors (Lipinski definition) is 2. The molecular weight excluding hydrogens is 346 g/mol. The summed E-state index contributed by atoms with van der Waals surface area (Å²) in [6.07, 6.45) is 10.5. The van der Waals surface area contributed by atoms with E-state index in [1.54, 1.807) is 0 Å². The maximum atomic E-state index is 11.3. The Morgan fingerprint density at radius 2 is 1.89 bits per heavy atom. The highest BCUT2D eigenvalue weighted by Gasteiger charge is 2.26. The van der Waals surface area contributed by atoms with Crippen LogP contribution < -0.4 is 10.6 Å². The van der Waals surface area contributed by atoms with E-state index in [-0.39, 0.29) is 5.54 Å². The van der Waals surface area contributed by atoms with Gasteiger partial charge in [-0.25, -0.2) is 0 Å². The van der Waals surface area contributed by atoms with Crippen molar-refractivity contribution in [3.63, 3.8) is 0 Å². The lowest BCUT2D eigenvalue weighted by atomic mass is 9.95. The van der Waals surface area contributed by atoms with Gasteiger partial charge in [0.25, 0.3) is 0 Å². The van der Waals surface area contributed by atoms with Gasteiger partial charge < -0.3 is 10.6 Å². The first-order chi connectivity index (χ1) is 13.3. The molecule has 0 saturated carbocycles. The zero-order valence-electron chi connectivity index (χ0n) is 19.0. The van der Waals surface area contributed by atoms with Gasteiger partial charge in [0.05, 0.1) is 0 Å². The summed E-state index contributed by atoms with van der Waals surface area (Å²) in [4.78, 5) is 13.8. The zero-order valence-corrected chi connectivity index (χ0v) is 19.0. The topological polar surface area (TPSA) is 44.4 Å². The van der Waals surface area contributed by atoms with E-state index in [1.165, 1.54) is 12.8 Å². The lowest BCUT2D eigenvalue weighted by Crippen LogP contribution is -2.47. The van der Waals surface area contributed by atoms with Crippen LogP contribution in [0.15, 0.2) is 24.4 Å². The van der Waals surface area contributed by atoms with E-state index in [0.29, 0.717) is 17.6 Å². The molecule has 1 aromatic rings. The molecule has 0 spiro atoms. The van der Waals surface area contributed by atoms with Crippen LogP contribution in [0.4, 0.5) is 5.69 Å². The predicted molar refractivity (Wildman–Crippen MR) is 123 cm³/mol. The molecule has 1 unspecified atom stereocenters. The summed E-state index contributed by atoms with van der Waals surface area (Å²) in [5, 5.41) is 6.75. The smallest absolute Gasteiger partial charge is 0.150 e. The van der Waals surface area contributed by atoms with Crippen molar-refractivity contribution in [3.8, 4) is 0 Å². The Labute approximate surface area is 172 Å². The van der Waals surface area contributed by atoms with Gasteiger partial charge in [-0.15, -0.1) is 0 Å². The monoisotopic (exact) mass is 387 g/mol. The summed E-state index contributed by atoms with van der Waals surface area (Å²) < 4.78 is 0. The van der Waals surface area contributed by atoms with Crippen LogP contribution in [0.1, 0.15) is 82.6 Å². The van der Waals surface area contributed by atoms with Crippen LogP contribution >= 0.6 is 0 Å². The van der Waals surface area contributed by atoms with Gasteiger partial charge in [0.1, 0.15) is 0 Å². The van der Waals surface area contributed by atoms with Crippen molar-refractivity contribution in [1.82, 2.24) is 10.2 Å². The van der Waals surface area contributed by atoms with E-state index in [1.807, 2.05) is 31.5 Å². The molecule has 28 heavy (non-hydrogen) atoms. The third kappa shape index (κ3) is 7.67. The lowest BCUT2D eigenvalue weighted by molar-refractivity contribution is 0.103. The van der Waals surface area contributed by atoms with Gasteiger partial charge in [-0.2, -0.15) is 0 Å². The predicted octanol–water partition coefficient (Wildman–Crippen LogP) is 5.56. The molecule has 0 bridgehead atoms. The average Bonchev–Trinajstić information content (AvgIpc) is 2.67. The van der Waals surface area contributed by atoms with E-state index in [0.717, 1.165) is 36.8 Å². The van der Waals surface area contributed by atoms with E-state index >= 15 is 0 Å². The molecule has 2 N–H and O–H groups in total. The van der Waals surface area contributed by atoms with Crippen molar-refractivity contribution in [3.05, 3.63) is 35.5 Å². The number of aldehydes is 1. The van der Waals surface area contributed by atoms with Gasteiger partial charge in [0.15, 0.2) is 6.29 Å². The number of unbranched alkanes of at least 4 members (excludes halogenated alkanes) is 1.